The molecule has 0 amide bonds. The lowest BCUT2D eigenvalue weighted by molar-refractivity contribution is 0.588. The summed E-state index contributed by atoms with van der Waals surface area (Å²) in [7, 11) is -5.50. The summed E-state index contributed by atoms with van der Waals surface area (Å²) in [5.74, 6) is 1.03. The van der Waals surface area contributed by atoms with Gasteiger partial charge in [-0.05, 0) is 60.6 Å². The third-order valence-electron chi connectivity index (χ3n) is 5.39. The molecule has 0 saturated carbocycles. The minimum atomic E-state index is -3.55. The second-order valence-corrected chi connectivity index (χ2v) is 12.0. The molecule has 0 atom stereocenters. The number of hydrogen-bond donors (Lipinski definition) is 3. The van der Waals surface area contributed by atoms with Crippen LogP contribution in [0.25, 0.3) is 11.1 Å². The minimum Gasteiger partial charge on any atom is -0.340 e. The van der Waals surface area contributed by atoms with Crippen LogP contribution in [-0.2, 0) is 19.9 Å². The van der Waals surface area contributed by atoms with Crippen molar-refractivity contribution in [3.63, 3.8) is 0 Å². The number of hydrogen-bond acceptors (Lipinski definition) is 8. The van der Waals surface area contributed by atoms with Crippen molar-refractivity contribution in [2.24, 2.45) is 0 Å². The molecule has 3 N–H and O–H groups in total. The van der Waals surface area contributed by atoms with Gasteiger partial charge < -0.3 is 10.6 Å². The van der Waals surface area contributed by atoms with Gasteiger partial charge in [-0.1, -0.05) is 37.3 Å². The predicted molar refractivity (Wildman–Crippen MR) is 141 cm³/mol. The van der Waals surface area contributed by atoms with Gasteiger partial charge in [0.2, 0.25) is 10.0 Å². The molecule has 36 heavy (non-hydrogen) atoms. The number of sulfone groups is 1. The first-order valence-electron chi connectivity index (χ1n) is 11.0. The van der Waals surface area contributed by atoms with E-state index in [4.69, 9.17) is 0 Å². The number of benzene rings is 3. The Morgan fingerprint density at radius 3 is 1.89 bits per heavy atom. The van der Waals surface area contributed by atoms with Gasteiger partial charge in [0.25, 0.3) is 0 Å². The van der Waals surface area contributed by atoms with Crippen molar-refractivity contribution in [2.45, 2.75) is 16.7 Å². The van der Waals surface area contributed by atoms with E-state index in [1.165, 1.54) is 13.4 Å². The van der Waals surface area contributed by atoms with Gasteiger partial charge in [0.05, 0.1) is 15.5 Å². The summed E-state index contributed by atoms with van der Waals surface area (Å²) in [6, 6.07) is 22.5. The minimum absolute atomic E-state index is 0.0205. The van der Waals surface area contributed by atoms with Crippen molar-refractivity contribution in [3.05, 3.63) is 85.2 Å². The average Bonchev–Trinajstić information content (AvgIpc) is 2.89. The lowest BCUT2D eigenvalue weighted by Gasteiger charge is -2.11. The first-order chi connectivity index (χ1) is 17.2. The van der Waals surface area contributed by atoms with Crippen molar-refractivity contribution in [1.29, 1.82) is 0 Å². The number of sulfonamides is 1. The van der Waals surface area contributed by atoms with E-state index in [-0.39, 0.29) is 15.5 Å². The fourth-order valence-corrected chi connectivity index (χ4v) is 5.16. The highest BCUT2D eigenvalue weighted by molar-refractivity contribution is 7.91. The Labute approximate surface area is 210 Å². The summed E-state index contributed by atoms with van der Waals surface area (Å²) in [6.07, 6.45) is 1.40. The number of anilines is 4. The van der Waals surface area contributed by atoms with Crippen LogP contribution in [-0.4, -0.2) is 39.6 Å². The smallest absolute Gasteiger partial charge is 0.240 e. The largest absolute Gasteiger partial charge is 0.340 e. The molecule has 4 aromatic rings. The highest BCUT2D eigenvalue weighted by atomic mass is 32.2. The first-order valence-corrected chi connectivity index (χ1v) is 14.2. The zero-order chi connectivity index (χ0) is 25.8. The molecule has 0 saturated heterocycles. The van der Waals surface area contributed by atoms with Crippen LogP contribution in [0.2, 0.25) is 0 Å². The molecular formula is C25H25N5O4S2. The third kappa shape index (κ3) is 5.88. The van der Waals surface area contributed by atoms with Gasteiger partial charge in [0, 0.05) is 17.4 Å². The van der Waals surface area contributed by atoms with E-state index in [0.717, 1.165) is 16.8 Å². The van der Waals surface area contributed by atoms with Crippen molar-refractivity contribution in [3.8, 4) is 11.1 Å². The number of nitrogens with zero attached hydrogens (tertiary/aromatic N) is 2. The highest BCUT2D eigenvalue weighted by Gasteiger charge is 2.13. The molecule has 186 valence electrons. The molecule has 0 aliphatic rings. The summed E-state index contributed by atoms with van der Waals surface area (Å²) in [4.78, 5) is 8.91. The second-order valence-electron chi connectivity index (χ2n) is 7.79. The SMILES string of the molecule is CCS(=O)(=O)c1cccc(Nc2cc(Nc3cccc(-c4cccc(S(=O)(=O)NC)c4)c3)ncn2)c1. The summed E-state index contributed by atoms with van der Waals surface area (Å²) < 4.78 is 51.0. The molecule has 9 nitrogen and oxygen atoms in total. The Morgan fingerprint density at radius 1 is 0.694 bits per heavy atom. The zero-order valence-electron chi connectivity index (χ0n) is 19.6. The molecule has 0 aliphatic carbocycles. The molecule has 0 fully saturated rings. The van der Waals surface area contributed by atoms with E-state index < -0.39 is 19.9 Å². The van der Waals surface area contributed by atoms with Gasteiger partial charge in [-0.2, -0.15) is 0 Å². The van der Waals surface area contributed by atoms with Gasteiger partial charge >= 0.3 is 0 Å². The zero-order valence-corrected chi connectivity index (χ0v) is 21.3. The average molecular weight is 524 g/mol. The monoisotopic (exact) mass is 523 g/mol. The van der Waals surface area contributed by atoms with E-state index in [0.29, 0.717) is 17.3 Å². The van der Waals surface area contributed by atoms with Gasteiger partial charge in [-0.15, -0.1) is 0 Å². The molecule has 1 heterocycles. The fraction of sp³-hybridized carbons (Fsp3) is 0.120. The molecule has 1 aromatic heterocycles. The molecule has 0 radical (unpaired) electrons. The van der Waals surface area contributed by atoms with Crippen LogP contribution in [0.1, 0.15) is 6.92 Å². The molecule has 0 bridgehead atoms. The lowest BCUT2D eigenvalue weighted by atomic mass is 10.1. The van der Waals surface area contributed by atoms with Gasteiger partial charge in [-0.25, -0.2) is 31.5 Å². The van der Waals surface area contributed by atoms with Crippen LogP contribution >= 0.6 is 0 Å². The molecule has 11 heteroatoms. The molecular weight excluding hydrogens is 498 g/mol. The maximum absolute atomic E-state index is 12.2. The first kappa shape index (κ1) is 25.3. The van der Waals surface area contributed by atoms with Gasteiger partial charge in [-0.3, -0.25) is 0 Å². The van der Waals surface area contributed by atoms with Crippen LogP contribution in [0.15, 0.2) is 95.0 Å². The highest BCUT2D eigenvalue weighted by Crippen LogP contribution is 2.27. The topological polar surface area (TPSA) is 130 Å². The lowest BCUT2D eigenvalue weighted by Crippen LogP contribution is -2.18. The van der Waals surface area contributed by atoms with E-state index >= 15 is 0 Å². The van der Waals surface area contributed by atoms with Crippen molar-refractivity contribution < 1.29 is 16.8 Å². The van der Waals surface area contributed by atoms with E-state index in [2.05, 4.69) is 25.3 Å². The molecule has 0 unspecified atom stereocenters. The molecule has 4 rings (SSSR count). The van der Waals surface area contributed by atoms with E-state index in [1.54, 1.807) is 55.5 Å². The summed E-state index contributed by atoms with van der Waals surface area (Å²) in [5.41, 5.74) is 2.92. The molecule has 0 spiro atoms. The van der Waals surface area contributed by atoms with Crippen molar-refractivity contribution in [2.75, 3.05) is 23.4 Å². The number of nitrogens with one attached hydrogen (secondary N) is 3. The van der Waals surface area contributed by atoms with Crippen LogP contribution in [0.3, 0.4) is 0 Å². The van der Waals surface area contributed by atoms with Gasteiger partial charge in [0.1, 0.15) is 18.0 Å². The van der Waals surface area contributed by atoms with Crippen LogP contribution < -0.4 is 15.4 Å². The second kappa shape index (κ2) is 10.4. The maximum atomic E-state index is 12.2. The Balaban J connectivity index is 1.55. The third-order valence-corrected chi connectivity index (χ3v) is 8.54. The van der Waals surface area contributed by atoms with Crippen LogP contribution in [0.4, 0.5) is 23.0 Å². The number of rotatable bonds is 9. The molecule has 0 aliphatic heterocycles. The predicted octanol–water partition coefficient (Wildman–Crippen LogP) is 4.33. The Bertz CT molecular complexity index is 1610. The molecule has 3 aromatic carbocycles. The Hall–Kier alpha value is -3.80. The van der Waals surface area contributed by atoms with Crippen molar-refractivity contribution in [1.82, 2.24) is 14.7 Å². The summed E-state index contributed by atoms with van der Waals surface area (Å²) in [5, 5.41) is 6.33. The number of aromatic nitrogens is 2. The van der Waals surface area contributed by atoms with Crippen LogP contribution in [0.5, 0.6) is 0 Å². The Morgan fingerprint density at radius 2 is 1.25 bits per heavy atom. The standard InChI is InChI=1S/C25H25N5O4S2/c1-3-35(31,32)22-11-6-10-21(15-22)30-25-16-24(27-17-28-25)29-20-9-4-7-18(13-20)19-8-5-12-23(14-19)36(33,34)26-2/h4-17,26H,3H2,1-2H3,(H2,27,28,29,30). The summed E-state index contributed by atoms with van der Waals surface area (Å²) >= 11 is 0. The fourth-order valence-electron chi connectivity index (χ4n) is 3.46. The van der Waals surface area contributed by atoms with Crippen molar-refractivity contribution >= 4 is 42.9 Å². The summed E-state index contributed by atoms with van der Waals surface area (Å²) in [6.45, 7) is 1.60. The van der Waals surface area contributed by atoms with Crippen LogP contribution in [0, 0.1) is 0 Å². The van der Waals surface area contributed by atoms with E-state index in [1.807, 2.05) is 30.3 Å². The Kier molecular flexibility index (Phi) is 7.34. The quantitative estimate of drug-likeness (QED) is 0.296. The van der Waals surface area contributed by atoms with E-state index in [9.17, 15) is 16.8 Å². The van der Waals surface area contributed by atoms with Gasteiger partial charge in [0.15, 0.2) is 9.84 Å². The normalized spacial score (nSPS) is 11.7. The maximum Gasteiger partial charge on any atom is 0.240 e.